The number of nitrogens with zero attached hydrogens (tertiary/aromatic N) is 2. The van der Waals surface area contributed by atoms with Gasteiger partial charge in [0.15, 0.2) is 0 Å². The van der Waals surface area contributed by atoms with Crippen LogP contribution in [0.15, 0.2) is 109 Å². The first-order chi connectivity index (χ1) is 20.2. The van der Waals surface area contributed by atoms with E-state index in [1.807, 2.05) is 0 Å². The second-order valence-electron chi connectivity index (χ2n) is 12.7. The molecule has 0 fully saturated rings. The van der Waals surface area contributed by atoms with Crippen molar-refractivity contribution in [1.82, 2.24) is 9.97 Å². The summed E-state index contributed by atoms with van der Waals surface area (Å²) in [5, 5.41) is 5.87. The molecule has 0 saturated carbocycles. The molecule has 7 rings (SSSR count). The van der Waals surface area contributed by atoms with Crippen LogP contribution in [0, 0.1) is 13.8 Å². The van der Waals surface area contributed by atoms with Crippen LogP contribution in [0.3, 0.4) is 0 Å². The Morgan fingerprint density at radius 2 is 0.762 bits per heavy atom. The van der Waals surface area contributed by atoms with Gasteiger partial charge in [0.1, 0.15) is 16.1 Å². The maximum absolute atomic E-state index is 5.47. The number of rotatable bonds is 4. The molecule has 2 aliphatic rings. The summed E-state index contributed by atoms with van der Waals surface area (Å²) in [7, 11) is -3.94. The van der Waals surface area contributed by atoms with Crippen LogP contribution in [0.2, 0.25) is 26.2 Å². The Morgan fingerprint density at radius 3 is 1.14 bits per heavy atom. The van der Waals surface area contributed by atoms with Gasteiger partial charge in [0, 0.05) is 11.1 Å². The standard InChI is InChI=1S/C38H36N2Si2/c1-25-35(33-29-21-13-15-23-31(29)41(3,4)37(33)27-17-9-7-10-18-27)40-26(2)36(39-25)34-30-22-14-16-24-32(30)42(5,6)38(34)28-19-11-8-12-20-28/h7-24H,1-6H3. The molecule has 4 aromatic carbocycles. The summed E-state index contributed by atoms with van der Waals surface area (Å²) in [6, 6.07) is 39.8. The van der Waals surface area contributed by atoms with Gasteiger partial charge in [-0.25, -0.2) is 9.97 Å². The summed E-state index contributed by atoms with van der Waals surface area (Å²) in [5.41, 5.74) is 11.8. The maximum atomic E-state index is 5.47. The zero-order valence-corrected chi connectivity index (χ0v) is 27.3. The highest BCUT2D eigenvalue weighted by atomic mass is 28.3. The molecule has 0 unspecified atom stereocenters. The highest BCUT2D eigenvalue weighted by Gasteiger charge is 2.43. The summed E-state index contributed by atoms with van der Waals surface area (Å²) in [4.78, 5) is 10.9. The minimum Gasteiger partial charge on any atom is -0.249 e. The Balaban J connectivity index is 1.51. The van der Waals surface area contributed by atoms with E-state index in [4.69, 9.17) is 9.97 Å². The number of hydrogen-bond donors (Lipinski definition) is 0. The van der Waals surface area contributed by atoms with E-state index in [0.717, 1.165) is 22.8 Å². The highest BCUT2D eigenvalue weighted by Crippen LogP contribution is 2.46. The van der Waals surface area contributed by atoms with Crippen LogP contribution >= 0.6 is 0 Å². The summed E-state index contributed by atoms with van der Waals surface area (Å²) in [6.07, 6.45) is 0. The molecule has 206 valence electrons. The SMILES string of the molecule is Cc1nc(C2=C(c3ccccc3)[Si](C)(C)c3ccccc32)c(C)nc1C1=C(c2ccccc2)[Si](C)(C)c2ccccc21. The molecule has 0 bridgehead atoms. The number of benzene rings is 4. The van der Waals surface area contributed by atoms with E-state index in [9.17, 15) is 0 Å². The number of aromatic nitrogens is 2. The molecule has 2 nitrogen and oxygen atoms in total. The van der Waals surface area contributed by atoms with Gasteiger partial charge in [0.25, 0.3) is 0 Å². The molecule has 2 aliphatic heterocycles. The fraction of sp³-hybridized carbons (Fsp3) is 0.158. The van der Waals surface area contributed by atoms with Crippen molar-refractivity contribution in [3.63, 3.8) is 0 Å². The first-order valence-electron chi connectivity index (χ1n) is 14.9. The molecule has 5 aromatic rings. The Bertz CT molecular complexity index is 1790. The molecule has 4 heteroatoms. The van der Waals surface area contributed by atoms with Gasteiger partial charge in [-0.15, -0.1) is 0 Å². The lowest BCUT2D eigenvalue weighted by Crippen LogP contribution is -2.40. The van der Waals surface area contributed by atoms with Crippen LogP contribution in [-0.4, -0.2) is 26.1 Å². The summed E-state index contributed by atoms with van der Waals surface area (Å²) in [6.45, 7) is 14.2. The summed E-state index contributed by atoms with van der Waals surface area (Å²) < 4.78 is 0. The molecule has 0 saturated heterocycles. The number of aryl methyl sites for hydroxylation is 2. The van der Waals surface area contributed by atoms with E-state index in [1.54, 1.807) is 0 Å². The van der Waals surface area contributed by atoms with E-state index >= 15 is 0 Å². The van der Waals surface area contributed by atoms with E-state index in [2.05, 4.69) is 149 Å². The lowest BCUT2D eigenvalue weighted by molar-refractivity contribution is 1.02. The van der Waals surface area contributed by atoms with E-state index in [1.165, 1.54) is 54.2 Å². The molecule has 42 heavy (non-hydrogen) atoms. The van der Waals surface area contributed by atoms with Gasteiger partial charge in [-0.05, 0) is 56.9 Å². The summed E-state index contributed by atoms with van der Waals surface area (Å²) in [5.74, 6) is 0. The van der Waals surface area contributed by atoms with Crippen molar-refractivity contribution in [1.29, 1.82) is 0 Å². The van der Waals surface area contributed by atoms with Crippen molar-refractivity contribution in [2.75, 3.05) is 0 Å². The summed E-state index contributed by atoms with van der Waals surface area (Å²) >= 11 is 0. The average Bonchev–Trinajstić information content (AvgIpc) is 3.38. The monoisotopic (exact) mass is 576 g/mol. The van der Waals surface area contributed by atoms with Gasteiger partial charge in [0.2, 0.25) is 0 Å². The lowest BCUT2D eigenvalue weighted by Gasteiger charge is -2.23. The fourth-order valence-electron chi connectivity index (χ4n) is 7.44. The molecule has 0 radical (unpaired) electrons. The van der Waals surface area contributed by atoms with E-state index < -0.39 is 16.1 Å². The Labute approximate surface area is 251 Å². The Hall–Kier alpha value is -4.13. The van der Waals surface area contributed by atoms with Gasteiger partial charge < -0.3 is 0 Å². The normalized spacial score (nSPS) is 16.5. The topological polar surface area (TPSA) is 25.8 Å². The van der Waals surface area contributed by atoms with Crippen LogP contribution in [0.1, 0.15) is 45.0 Å². The highest BCUT2D eigenvalue weighted by molar-refractivity contribution is 7.08. The second-order valence-corrected chi connectivity index (χ2v) is 21.2. The van der Waals surface area contributed by atoms with Crippen molar-refractivity contribution < 1.29 is 0 Å². The lowest BCUT2D eigenvalue weighted by atomic mass is 9.96. The quantitative estimate of drug-likeness (QED) is 0.203. The van der Waals surface area contributed by atoms with Crippen molar-refractivity contribution in [3.05, 3.63) is 154 Å². The van der Waals surface area contributed by atoms with Crippen molar-refractivity contribution in [2.24, 2.45) is 0 Å². The molecule has 0 amide bonds. The minimum atomic E-state index is -1.97. The Kier molecular flexibility index (Phi) is 6.19. The smallest absolute Gasteiger partial charge is 0.114 e. The van der Waals surface area contributed by atoms with Crippen LogP contribution in [0.4, 0.5) is 0 Å². The van der Waals surface area contributed by atoms with Crippen LogP contribution in [0.5, 0.6) is 0 Å². The predicted octanol–water partition coefficient (Wildman–Crippen LogP) is 7.95. The van der Waals surface area contributed by atoms with Crippen molar-refractivity contribution >= 4 is 48.1 Å². The molecular weight excluding hydrogens is 541 g/mol. The van der Waals surface area contributed by atoms with Gasteiger partial charge in [-0.3, -0.25) is 0 Å². The van der Waals surface area contributed by atoms with Crippen molar-refractivity contribution in [3.8, 4) is 0 Å². The molecule has 3 heterocycles. The van der Waals surface area contributed by atoms with Crippen molar-refractivity contribution in [2.45, 2.75) is 40.0 Å². The predicted molar refractivity (Wildman–Crippen MR) is 183 cm³/mol. The molecular formula is C38H36N2Si2. The van der Waals surface area contributed by atoms with Gasteiger partial charge >= 0.3 is 0 Å². The van der Waals surface area contributed by atoms with E-state index in [0.29, 0.717) is 0 Å². The zero-order chi connectivity index (χ0) is 29.2. The van der Waals surface area contributed by atoms with Crippen LogP contribution < -0.4 is 10.4 Å². The van der Waals surface area contributed by atoms with Crippen LogP contribution in [0.25, 0.3) is 21.5 Å². The first kappa shape index (κ1) is 26.8. The molecule has 0 aliphatic carbocycles. The van der Waals surface area contributed by atoms with Gasteiger partial charge in [-0.1, -0.05) is 135 Å². The second kappa shape index (κ2) is 9.72. The zero-order valence-electron chi connectivity index (χ0n) is 25.3. The number of hydrogen-bond acceptors (Lipinski definition) is 2. The van der Waals surface area contributed by atoms with Gasteiger partial charge in [-0.2, -0.15) is 0 Å². The third-order valence-electron chi connectivity index (χ3n) is 9.33. The Morgan fingerprint density at radius 1 is 0.429 bits per heavy atom. The van der Waals surface area contributed by atoms with Gasteiger partial charge in [0.05, 0.1) is 22.8 Å². The molecule has 0 N–H and O–H groups in total. The minimum absolute atomic E-state index is 0.990. The maximum Gasteiger partial charge on any atom is 0.114 e. The first-order valence-corrected chi connectivity index (χ1v) is 20.9. The van der Waals surface area contributed by atoms with E-state index in [-0.39, 0.29) is 0 Å². The number of fused-ring (bicyclic) bond motifs is 2. The third-order valence-corrected chi connectivity index (χ3v) is 16.5. The molecule has 0 spiro atoms. The molecule has 1 aromatic heterocycles. The molecule has 0 atom stereocenters. The largest absolute Gasteiger partial charge is 0.249 e. The fourth-order valence-corrected chi connectivity index (χ4v) is 14.3. The van der Waals surface area contributed by atoms with Crippen LogP contribution in [-0.2, 0) is 0 Å². The average molecular weight is 577 g/mol. The third kappa shape index (κ3) is 3.89.